The summed E-state index contributed by atoms with van der Waals surface area (Å²) in [7, 11) is 0. The zero-order valence-electron chi connectivity index (χ0n) is 12.3. The third-order valence-corrected chi connectivity index (χ3v) is 5.43. The van der Waals surface area contributed by atoms with Gasteiger partial charge < -0.3 is 4.74 Å². The van der Waals surface area contributed by atoms with E-state index in [0.717, 1.165) is 23.1 Å². The summed E-state index contributed by atoms with van der Waals surface area (Å²) in [5, 5.41) is 2.07. The lowest BCUT2D eigenvalue weighted by atomic mass is 9.85. The van der Waals surface area contributed by atoms with Gasteiger partial charge in [-0.2, -0.15) is 0 Å². The van der Waals surface area contributed by atoms with Crippen LogP contribution in [0.15, 0.2) is 42.5 Å². The zero-order chi connectivity index (χ0) is 14.4. The van der Waals surface area contributed by atoms with Crippen LogP contribution in [-0.4, -0.2) is 11.6 Å². The fraction of sp³-hybridized carbons (Fsp3) is 0.421. The Morgan fingerprint density at radius 2 is 1.95 bits per heavy atom. The molecule has 4 rings (SSSR count). The summed E-state index contributed by atoms with van der Waals surface area (Å²) < 4.78 is 5.99. The van der Waals surface area contributed by atoms with Crippen molar-refractivity contribution in [2.45, 2.75) is 38.2 Å². The maximum absolute atomic E-state index is 12.7. The molecule has 0 spiro atoms. The molecule has 2 fully saturated rings. The molecule has 2 aliphatic rings. The molecule has 3 atom stereocenters. The molecule has 2 saturated carbocycles. The van der Waals surface area contributed by atoms with E-state index in [1.807, 2.05) is 42.5 Å². The van der Waals surface area contributed by atoms with Crippen LogP contribution in [0.1, 0.15) is 43.0 Å². The number of esters is 1. The van der Waals surface area contributed by atoms with Gasteiger partial charge in [0.1, 0.15) is 5.60 Å². The van der Waals surface area contributed by atoms with Crippen LogP contribution in [0.4, 0.5) is 0 Å². The Labute approximate surface area is 125 Å². The van der Waals surface area contributed by atoms with Gasteiger partial charge in [0.15, 0.2) is 0 Å². The average Bonchev–Trinajstić information content (AvgIpc) is 3.06. The fourth-order valence-corrected chi connectivity index (χ4v) is 4.35. The van der Waals surface area contributed by atoms with Crippen LogP contribution in [0.25, 0.3) is 10.8 Å². The summed E-state index contributed by atoms with van der Waals surface area (Å²) in [5.41, 5.74) is 0.439. The summed E-state index contributed by atoms with van der Waals surface area (Å²) in [4.78, 5) is 12.7. The first kappa shape index (κ1) is 12.9. The number of fused-ring (bicyclic) bond motifs is 3. The van der Waals surface area contributed by atoms with Gasteiger partial charge in [-0.1, -0.05) is 36.4 Å². The van der Waals surface area contributed by atoms with E-state index < -0.39 is 0 Å². The predicted octanol–water partition coefficient (Wildman–Crippen LogP) is 4.58. The number of rotatable bonds is 2. The number of hydrogen-bond donors (Lipinski definition) is 0. The normalized spacial score (nSPS) is 30.7. The third kappa shape index (κ3) is 2.05. The van der Waals surface area contributed by atoms with Crippen LogP contribution in [0.3, 0.4) is 0 Å². The molecule has 0 aliphatic heterocycles. The lowest BCUT2D eigenvalue weighted by molar-refractivity contribution is -0.0368. The highest BCUT2D eigenvalue weighted by Gasteiger charge is 2.50. The van der Waals surface area contributed by atoms with Crippen molar-refractivity contribution >= 4 is 16.7 Å². The third-order valence-electron chi connectivity index (χ3n) is 5.43. The SMILES string of the molecule is C[C@]1(OC(=O)c2cccc3ccccc23)C[C@@H]2CC[C@H]1C2. The minimum atomic E-state index is -0.253. The second-order valence-electron chi connectivity index (χ2n) is 6.81. The summed E-state index contributed by atoms with van der Waals surface area (Å²) >= 11 is 0. The van der Waals surface area contributed by atoms with Gasteiger partial charge in [-0.05, 0) is 61.3 Å². The van der Waals surface area contributed by atoms with E-state index in [9.17, 15) is 4.79 Å². The van der Waals surface area contributed by atoms with E-state index in [1.165, 1.54) is 19.3 Å². The quantitative estimate of drug-likeness (QED) is 0.753. The predicted molar refractivity (Wildman–Crippen MR) is 83.2 cm³/mol. The first-order chi connectivity index (χ1) is 10.2. The summed E-state index contributed by atoms with van der Waals surface area (Å²) in [6, 6.07) is 13.8. The van der Waals surface area contributed by atoms with Crippen LogP contribution in [0.2, 0.25) is 0 Å². The molecule has 0 N–H and O–H groups in total. The van der Waals surface area contributed by atoms with Gasteiger partial charge in [-0.3, -0.25) is 0 Å². The highest BCUT2D eigenvalue weighted by molar-refractivity contribution is 6.04. The Morgan fingerprint density at radius 1 is 1.14 bits per heavy atom. The topological polar surface area (TPSA) is 26.3 Å². The van der Waals surface area contributed by atoms with Crippen LogP contribution < -0.4 is 0 Å². The molecule has 2 nitrogen and oxygen atoms in total. The Morgan fingerprint density at radius 3 is 2.71 bits per heavy atom. The molecule has 2 aromatic carbocycles. The van der Waals surface area contributed by atoms with Gasteiger partial charge in [0.25, 0.3) is 0 Å². The Bertz CT molecular complexity index is 700. The second-order valence-corrected chi connectivity index (χ2v) is 6.81. The molecule has 21 heavy (non-hydrogen) atoms. The lowest BCUT2D eigenvalue weighted by Gasteiger charge is -2.33. The van der Waals surface area contributed by atoms with Gasteiger partial charge in [0, 0.05) is 0 Å². The molecule has 0 amide bonds. The van der Waals surface area contributed by atoms with E-state index in [2.05, 4.69) is 6.92 Å². The Kier molecular flexibility index (Phi) is 2.81. The number of carbonyl (C=O) groups excluding carboxylic acids is 1. The maximum atomic E-state index is 12.7. The van der Waals surface area contributed by atoms with Gasteiger partial charge in [-0.25, -0.2) is 4.79 Å². The molecule has 0 unspecified atom stereocenters. The minimum absolute atomic E-state index is 0.165. The molecule has 2 bridgehead atoms. The lowest BCUT2D eigenvalue weighted by Crippen LogP contribution is -2.37. The number of ether oxygens (including phenoxy) is 1. The van der Waals surface area contributed by atoms with Crippen molar-refractivity contribution in [1.82, 2.24) is 0 Å². The van der Waals surface area contributed by atoms with Crippen molar-refractivity contribution in [3.63, 3.8) is 0 Å². The van der Waals surface area contributed by atoms with Crippen LogP contribution in [-0.2, 0) is 4.74 Å². The van der Waals surface area contributed by atoms with E-state index in [1.54, 1.807) is 0 Å². The molecule has 0 aromatic heterocycles. The smallest absolute Gasteiger partial charge is 0.339 e. The maximum Gasteiger partial charge on any atom is 0.339 e. The van der Waals surface area contributed by atoms with Crippen LogP contribution >= 0.6 is 0 Å². The Hall–Kier alpha value is -1.83. The average molecular weight is 280 g/mol. The van der Waals surface area contributed by atoms with E-state index in [4.69, 9.17) is 4.74 Å². The highest BCUT2D eigenvalue weighted by atomic mass is 16.6. The standard InChI is InChI=1S/C19H20O2/c1-19(12-13-9-10-15(19)11-13)21-18(20)17-8-4-6-14-5-2-3-7-16(14)17/h2-8,13,15H,9-12H2,1H3/t13-,15+,19+/m1/s1. The molecule has 2 aromatic rings. The first-order valence-electron chi connectivity index (χ1n) is 7.87. The zero-order valence-corrected chi connectivity index (χ0v) is 12.3. The van der Waals surface area contributed by atoms with E-state index >= 15 is 0 Å². The van der Waals surface area contributed by atoms with Crippen LogP contribution in [0, 0.1) is 11.8 Å². The van der Waals surface area contributed by atoms with Gasteiger partial charge in [-0.15, -0.1) is 0 Å². The summed E-state index contributed by atoms with van der Waals surface area (Å²) in [6.07, 6.45) is 4.80. The van der Waals surface area contributed by atoms with E-state index in [0.29, 0.717) is 11.5 Å². The molecule has 2 heteroatoms. The van der Waals surface area contributed by atoms with Gasteiger partial charge >= 0.3 is 5.97 Å². The number of benzene rings is 2. The molecule has 0 saturated heterocycles. The monoisotopic (exact) mass is 280 g/mol. The largest absolute Gasteiger partial charge is 0.455 e. The van der Waals surface area contributed by atoms with Crippen molar-refractivity contribution in [1.29, 1.82) is 0 Å². The molecular formula is C19H20O2. The van der Waals surface area contributed by atoms with E-state index in [-0.39, 0.29) is 11.6 Å². The van der Waals surface area contributed by atoms with Crippen molar-refractivity contribution in [2.24, 2.45) is 11.8 Å². The second kappa shape index (κ2) is 4.59. The summed E-state index contributed by atoms with van der Waals surface area (Å²) in [5.74, 6) is 1.16. The molecule has 0 heterocycles. The molecule has 2 aliphatic carbocycles. The first-order valence-corrected chi connectivity index (χ1v) is 7.87. The minimum Gasteiger partial charge on any atom is -0.455 e. The molecular weight excluding hydrogens is 260 g/mol. The van der Waals surface area contributed by atoms with Crippen molar-refractivity contribution in [3.05, 3.63) is 48.0 Å². The highest BCUT2D eigenvalue weighted by Crippen LogP contribution is 2.52. The molecule has 108 valence electrons. The summed E-state index contributed by atoms with van der Waals surface area (Å²) in [6.45, 7) is 2.12. The Balaban J connectivity index is 1.65. The van der Waals surface area contributed by atoms with Crippen molar-refractivity contribution in [2.75, 3.05) is 0 Å². The van der Waals surface area contributed by atoms with Crippen molar-refractivity contribution in [3.8, 4) is 0 Å². The van der Waals surface area contributed by atoms with Crippen LogP contribution in [0.5, 0.6) is 0 Å². The van der Waals surface area contributed by atoms with Gasteiger partial charge in [0.2, 0.25) is 0 Å². The van der Waals surface area contributed by atoms with Crippen molar-refractivity contribution < 1.29 is 9.53 Å². The molecule has 0 radical (unpaired) electrons. The number of carbonyl (C=O) groups is 1. The fourth-order valence-electron chi connectivity index (χ4n) is 4.35. The number of hydrogen-bond acceptors (Lipinski definition) is 2. The van der Waals surface area contributed by atoms with Gasteiger partial charge in [0.05, 0.1) is 5.56 Å².